The number of esters is 1. The minimum atomic E-state index is -0.537. The van der Waals surface area contributed by atoms with Gasteiger partial charge < -0.3 is 14.2 Å². The smallest absolute Gasteiger partial charge is 0.344 e. The summed E-state index contributed by atoms with van der Waals surface area (Å²) in [7, 11) is 1.61. The maximum Gasteiger partial charge on any atom is 0.344 e. The molecule has 1 aromatic carbocycles. The number of nitrogens with zero attached hydrogens (tertiary/aromatic N) is 3. The summed E-state index contributed by atoms with van der Waals surface area (Å²) in [5.41, 5.74) is 2.28. The van der Waals surface area contributed by atoms with Crippen molar-refractivity contribution in [1.82, 2.24) is 14.6 Å². The van der Waals surface area contributed by atoms with Crippen molar-refractivity contribution in [2.45, 2.75) is 26.9 Å². The number of hydrogen-bond acceptors (Lipinski definition) is 8. The van der Waals surface area contributed by atoms with Gasteiger partial charge in [0.1, 0.15) is 17.4 Å². The van der Waals surface area contributed by atoms with Gasteiger partial charge in [-0.15, -0.1) is 0 Å². The van der Waals surface area contributed by atoms with Crippen molar-refractivity contribution in [2.24, 2.45) is 0 Å². The second kappa shape index (κ2) is 8.94. The number of aryl methyl sites for hydroxylation is 2. The van der Waals surface area contributed by atoms with Crippen LogP contribution in [-0.4, -0.2) is 40.9 Å². The van der Waals surface area contributed by atoms with E-state index in [2.05, 4.69) is 10.1 Å². The standard InChI is InChI=1S/C19H21N3O5S/c1-12-4-5-15(8-13(12)2)26-11-18(24)27-10-14-9-17(23)22-19(20-14)28-16(21-22)6-7-25-3/h4-5,8-9H,6-7,10-11H2,1-3H3. The summed E-state index contributed by atoms with van der Waals surface area (Å²) >= 11 is 1.31. The van der Waals surface area contributed by atoms with Crippen LogP contribution < -0.4 is 10.3 Å². The summed E-state index contributed by atoms with van der Waals surface area (Å²) in [4.78, 5) is 28.9. The van der Waals surface area contributed by atoms with Crippen molar-refractivity contribution in [3.8, 4) is 5.75 Å². The van der Waals surface area contributed by atoms with Crippen LogP contribution in [0.25, 0.3) is 4.96 Å². The molecule has 0 saturated carbocycles. The van der Waals surface area contributed by atoms with Gasteiger partial charge in [-0.05, 0) is 37.1 Å². The number of benzene rings is 1. The first-order chi connectivity index (χ1) is 13.5. The molecule has 0 bridgehead atoms. The van der Waals surface area contributed by atoms with Crippen molar-refractivity contribution in [3.63, 3.8) is 0 Å². The lowest BCUT2D eigenvalue weighted by atomic mass is 10.1. The largest absolute Gasteiger partial charge is 0.482 e. The van der Waals surface area contributed by atoms with Gasteiger partial charge in [0.05, 0.1) is 12.3 Å². The molecule has 0 N–H and O–H groups in total. The SMILES string of the molecule is COCCc1nn2c(=O)cc(COC(=O)COc3ccc(C)c(C)c3)nc2s1. The average Bonchev–Trinajstić information content (AvgIpc) is 3.09. The van der Waals surface area contributed by atoms with Crippen LogP contribution in [0.2, 0.25) is 0 Å². The van der Waals surface area contributed by atoms with E-state index in [4.69, 9.17) is 14.2 Å². The molecule has 0 spiro atoms. The van der Waals surface area contributed by atoms with Crippen LogP contribution >= 0.6 is 11.3 Å². The molecule has 28 heavy (non-hydrogen) atoms. The first kappa shape index (κ1) is 20.0. The van der Waals surface area contributed by atoms with Crippen LogP contribution in [0.15, 0.2) is 29.1 Å². The fourth-order valence-corrected chi connectivity index (χ4v) is 3.30. The van der Waals surface area contributed by atoms with E-state index in [0.717, 1.165) is 16.1 Å². The molecule has 0 unspecified atom stereocenters. The number of hydrogen-bond donors (Lipinski definition) is 0. The van der Waals surface area contributed by atoms with Crippen molar-refractivity contribution < 1.29 is 19.0 Å². The molecule has 3 rings (SSSR count). The summed E-state index contributed by atoms with van der Waals surface area (Å²) in [5, 5.41) is 4.97. The number of carbonyl (C=O) groups is 1. The molecular formula is C19H21N3O5S. The fraction of sp³-hybridized carbons (Fsp3) is 0.368. The maximum atomic E-state index is 12.2. The Labute approximate surface area is 165 Å². The zero-order valence-electron chi connectivity index (χ0n) is 15.9. The van der Waals surface area contributed by atoms with E-state index in [0.29, 0.717) is 29.4 Å². The molecule has 0 atom stereocenters. The number of methoxy groups -OCH3 is 1. The van der Waals surface area contributed by atoms with Gasteiger partial charge in [0.15, 0.2) is 6.61 Å². The monoisotopic (exact) mass is 403 g/mol. The highest BCUT2D eigenvalue weighted by Gasteiger charge is 2.11. The van der Waals surface area contributed by atoms with Gasteiger partial charge >= 0.3 is 5.97 Å². The lowest BCUT2D eigenvalue weighted by Gasteiger charge is -2.08. The van der Waals surface area contributed by atoms with Gasteiger partial charge in [-0.25, -0.2) is 9.78 Å². The Morgan fingerprint density at radius 3 is 2.79 bits per heavy atom. The molecule has 9 heteroatoms. The molecule has 0 fully saturated rings. The number of aromatic nitrogens is 3. The summed E-state index contributed by atoms with van der Waals surface area (Å²) in [6, 6.07) is 6.91. The Morgan fingerprint density at radius 1 is 1.21 bits per heavy atom. The Balaban J connectivity index is 1.58. The predicted octanol–water partition coefficient (Wildman–Crippen LogP) is 2.08. The van der Waals surface area contributed by atoms with Crippen molar-refractivity contribution >= 4 is 22.3 Å². The molecule has 3 aromatic rings. The minimum Gasteiger partial charge on any atom is -0.482 e. The van der Waals surface area contributed by atoms with Crippen molar-refractivity contribution in [2.75, 3.05) is 20.3 Å². The van der Waals surface area contributed by atoms with Gasteiger partial charge in [0.25, 0.3) is 5.56 Å². The van der Waals surface area contributed by atoms with E-state index < -0.39 is 5.97 Å². The van der Waals surface area contributed by atoms with Crippen LogP contribution in [0.5, 0.6) is 5.75 Å². The summed E-state index contributed by atoms with van der Waals surface area (Å²) in [6.07, 6.45) is 0.601. The zero-order chi connectivity index (χ0) is 20.1. The highest BCUT2D eigenvalue weighted by Crippen LogP contribution is 2.16. The third-order valence-corrected chi connectivity index (χ3v) is 5.04. The Kier molecular flexibility index (Phi) is 6.37. The molecular weight excluding hydrogens is 382 g/mol. The van der Waals surface area contributed by atoms with Crippen LogP contribution in [0.3, 0.4) is 0 Å². The van der Waals surface area contributed by atoms with Gasteiger partial charge in [-0.3, -0.25) is 4.79 Å². The molecule has 0 aliphatic carbocycles. The molecule has 2 heterocycles. The van der Waals surface area contributed by atoms with E-state index in [1.807, 2.05) is 26.0 Å². The Bertz CT molecular complexity index is 1040. The molecule has 8 nitrogen and oxygen atoms in total. The third-order valence-electron chi connectivity index (χ3n) is 4.08. The normalized spacial score (nSPS) is 11.0. The van der Waals surface area contributed by atoms with E-state index in [9.17, 15) is 9.59 Å². The van der Waals surface area contributed by atoms with Crippen LogP contribution in [0, 0.1) is 13.8 Å². The fourth-order valence-electron chi connectivity index (χ4n) is 2.40. The second-order valence-electron chi connectivity index (χ2n) is 6.21. The van der Waals surface area contributed by atoms with Crippen LogP contribution in [0.1, 0.15) is 21.8 Å². The van der Waals surface area contributed by atoms with Gasteiger partial charge in [-0.2, -0.15) is 9.61 Å². The van der Waals surface area contributed by atoms with Crippen LogP contribution in [0.4, 0.5) is 0 Å². The minimum absolute atomic E-state index is 0.105. The first-order valence-electron chi connectivity index (χ1n) is 8.69. The summed E-state index contributed by atoms with van der Waals surface area (Å²) in [5.74, 6) is 0.0661. The lowest BCUT2D eigenvalue weighted by molar-refractivity contribution is -0.147. The zero-order valence-corrected chi connectivity index (χ0v) is 16.7. The maximum absolute atomic E-state index is 12.2. The van der Waals surface area contributed by atoms with E-state index >= 15 is 0 Å². The Hall–Kier alpha value is -2.78. The molecule has 0 saturated heterocycles. The molecule has 0 aliphatic heterocycles. The second-order valence-corrected chi connectivity index (χ2v) is 7.25. The third kappa shape index (κ3) is 4.93. The molecule has 0 amide bonds. The first-order valence-corrected chi connectivity index (χ1v) is 9.51. The quantitative estimate of drug-likeness (QED) is 0.532. The average molecular weight is 403 g/mol. The van der Waals surface area contributed by atoms with Gasteiger partial charge in [-0.1, -0.05) is 17.4 Å². The van der Waals surface area contributed by atoms with E-state index in [1.165, 1.54) is 21.9 Å². The van der Waals surface area contributed by atoms with Crippen LogP contribution in [-0.2, 0) is 27.3 Å². The number of ether oxygens (including phenoxy) is 3. The number of rotatable bonds is 8. The summed E-state index contributed by atoms with van der Waals surface area (Å²) < 4.78 is 16.9. The Morgan fingerprint density at radius 2 is 2.04 bits per heavy atom. The van der Waals surface area contributed by atoms with Crippen molar-refractivity contribution in [3.05, 3.63) is 56.4 Å². The van der Waals surface area contributed by atoms with E-state index in [1.54, 1.807) is 13.2 Å². The van der Waals surface area contributed by atoms with E-state index in [-0.39, 0.29) is 18.8 Å². The molecule has 2 aromatic heterocycles. The van der Waals surface area contributed by atoms with Gasteiger partial charge in [0.2, 0.25) is 4.96 Å². The summed E-state index contributed by atoms with van der Waals surface area (Å²) in [6.45, 7) is 4.17. The lowest BCUT2D eigenvalue weighted by Crippen LogP contribution is -2.18. The highest BCUT2D eigenvalue weighted by molar-refractivity contribution is 7.16. The van der Waals surface area contributed by atoms with Crippen molar-refractivity contribution in [1.29, 1.82) is 0 Å². The predicted molar refractivity (Wildman–Crippen MR) is 104 cm³/mol. The topological polar surface area (TPSA) is 92.0 Å². The molecule has 148 valence electrons. The molecule has 0 radical (unpaired) electrons. The number of carbonyl (C=O) groups excluding carboxylic acids is 1. The molecule has 0 aliphatic rings. The highest BCUT2D eigenvalue weighted by atomic mass is 32.1. The number of fused-ring (bicyclic) bond motifs is 1. The van der Waals surface area contributed by atoms with Gasteiger partial charge in [0, 0.05) is 19.6 Å².